The monoisotopic (exact) mass is 487 g/mol. The fraction of sp³-hybridized carbons (Fsp3) is 0.353. The average molecular weight is 488 g/mol. The number of nitro benzene ring substituents is 1. The first-order chi connectivity index (χ1) is 14.6. The number of aromatic nitrogens is 2. The van der Waals surface area contributed by atoms with E-state index in [0.717, 1.165) is 28.0 Å². The molecule has 0 aliphatic carbocycles. The number of thioether (sulfide) groups is 1. The number of ether oxygens (including phenoxy) is 1. The molecule has 1 unspecified atom stereocenters. The number of anilines is 2. The molecule has 14 heteroatoms. The summed E-state index contributed by atoms with van der Waals surface area (Å²) < 4.78 is 31.9. The molecule has 1 aromatic carbocycles. The van der Waals surface area contributed by atoms with Crippen LogP contribution in [0.4, 0.5) is 16.5 Å². The Kier molecular flexibility index (Phi) is 8.36. The summed E-state index contributed by atoms with van der Waals surface area (Å²) in [5, 5.41) is 21.8. The van der Waals surface area contributed by atoms with Gasteiger partial charge in [-0.25, -0.2) is 8.42 Å². The normalized spacial score (nSPS) is 12.1. The van der Waals surface area contributed by atoms with Crippen molar-refractivity contribution in [3.63, 3.8) is 0 Å². The van der Waals surface area contributed by atoms with Gasteiger partial charge < -0.3 is 4.74 Å². The Hall–Kier alpha value is -2.71. The molecule has 0 bridgehead atoms. The molecule has 0 fully saturated rings. The molecule has 2 rings (SSSR count). The van der Waals surface area contributed by atoms with Gasteiger partial charge in [0.2, 0.25) is 21.1 Å². The summed E-state index contributed by atoms with van der Waals surface area (Å²) in [7, 11) is -2.72. The van der Waals surface area contributed by atoms with Crippen molar-refractivity contribution in [1.82, 2.24) is 10.2 Å². The second-order valence-corrected chi connectivity index (χ2v) is 10.2. The highest BCUT2D eigenvalue weighted by atomic mass is 32.2. The molecular weight excluding hydrogens is 466 g/mol. The van der Waals surface area contributed by atoms with E-state index in [1.54, 1.807) is 13.0 Å². The summed E-state index contributed by atoms with van der Waals surface area (Å²) in [6.07, 6.45) is 2.70. The first kappa shape index (κ1) is 24.6. The van der Waals surface area contributed by atoms with Crippen LogP contribution in [0.2, 0.25) is 0 Å². The summed E-state index contributed by atoms with van der Waals surface area (Å²) >= 11 is 2.53. The molecule has 0 aliphatic heterocycles. The third-order valence-corrected chi connectivity index (χ3v) is 7.04. The van der Waals surface area contributed by atoms with Gasteiger partial charge in [-0.2, -0.15) is 0 Å². The number of carbonyl (C=O) groups excluding carboxylic acids is 1. The molecule has 0 saturated carbocycles. The smallest absolute Gasteiger partial charge is 0.271 e. The number of sulfonamides is 1. The molecule has 168 valence electrons. The second kappa shape index (κ2) is 10.5. The van der Waals surface area contributed by atoms with Crippen LogP contribution < -0.4 is 14.4 Å². The van der Waals surface area contributed by atoms with Gasteiger partial charge in [0.1, 0.15) is 17.5 Å². The van der Waals surface area contributed by atoms with Crippen molar-refractivity contribution in [3.05, 3.63) is 41.0 Å². The zero-order valence-electron chi connectivity index (χ0n) is 17.0. The second-order valence-electron chi connectivity index (χ2n) is 6.06. The Bertz CT molecular complexity index is 1070. The Morgan fingerprint density at radius 2 is 2.19 bits per heavy atom. The van der Waals surface area contributed by atoms with Crippen molar-refractivity contribution < 1.29 is 22.9 Å². The van der Waals surface area contributed by atoms with Gasteiger partial charge in [0.15, 0.2) is 4.34 Å². The molecule has 1 amide bonds. The van der Waals surface area contributed by atoms with E-state index in [0.29, 0.717) is 10.1 Å². The van der Waals surface area contributed by atoms with Gasteiger partial charge in [-0.05, 0) is 12.5 Å². The Morgan fingerprint density at radius 1 is 1.48 bits per heavy atom. The van der Waals surface area contributed by atoms with Crippen LogP contribution in [0.25, 0.3) is 0 Å². The molecule has 0 spiro atoms. The zero-order valence-corrected chi connectivity index (χ0v) is 19.4. The first-order valence-electron chi connectivity index (χ1n) is 8.82. The van der Waals surface area contributed by atoms with Gasteiger partial charge in [-0.3, -0.25) is 24.5 Å². The van der Waals surface area contributed by atoms with Gasteiger partial charge in [0.05, 0.1) is 18.3 Å². The van der Waals surface area contributed by atoms with E-state index in [9.17, 15) is 23.3 Å². The summed E-state index contributed by atoms with van der Waals surface area (Å²) in [6.45, 7) is 5.24. The number of methoxy groups -OCH3 is 1. The van der Waals surface area contributed by atoms with Gasteiger partial charge in [-0.15, -0.1) is 16.8 Å². The third kappa shape index (κ3) is 6.15. The van der Waals surface area contributed by atoms with Crippen molar-refractivity contribution >= 4 is 55.5 Å². The SMILES string of the molecule is C=CCSc1nnc(NC(=O)C(CC)N(c2cc([N+](=O)[O-])ccc2OC)S(C)(=O)=O)s1. The van der Waals surface area contributed by atoms with Crippen LogP contribution in [0.3, 0.4) is 0 Å². The molecule has 1 atom stereocenters. The quantitative estimate of drug-likeness (QED) is 0.166. The average Bonchev–Trinajstić information content (AvgIpc) is 3.15. The molecule has 0 aliphatic rings. The van der Waals surface area contributed by atoms with Gasteiger partial charge in [0.25, 0.3) is 5.69 Å². The molecule has 11 nitrogen and oxygen atoms in total. The van der Waals surface area contributed by atoms with E-state index in [4.69, 9.17) is 4.74 Å². The highest BCUT2D eigenvalue weighted by Gasteiger charge is 2.35. The maximum Gasteiger partial charge on any atom is 0.271 e. The standard InChI is InChI=1S/C17H21N5O6S3/c1-5-9-29-17-20-19-16(30-17)18-15(23)12(6-2)21(31(4,26)27)13-10-11(22(24)25)7-8-14(13)28-3/h5,7-8,10,12H,1,6,9H2,2-4H3,(H,18,19,23). The summed E-state index contributed by atoms with van der Waals surface area (Å²) in [5.74, 6) is 0.0356. The molecular formula is C17H21N5O6S3. The molecule has 31 heavy (non-hydrogen) atoms. The van der Waals surface area contributed by atoms with E-state index in [2.05, 4.69) is 22.1 Å². The highest BCUT2D eigenvalue weighted by molar-refractivity contribution is 8.01. The van der Waals surface area contributed by atoms with E-state index >= 15 is 0 Å². The van der Waals surface area contributed by atoms with Crippen LogP contribution in [-0.4, -0.2) is 54.6 Å². The third-order valence-electron chi connectivity index (χ3n) is 3.90. The maximum atomic E-state index is 13.0. The number of carbonyl (C=O) groups is 1. The topological polar surface area (TPSA) is 145 Å². The van der Waals surface area contributed by atoms with Gasteiger partial charge in [-0.1, -0.05) is 36.1 Å². The number of rotatable bonds is 11. The Morgan fingerprint density at radius 3 is 2.74 bits per heavy atom. The number of non-ortho nitro benzene ring substituents is 1. The molecule has 0 radical (unpaired) electrons. The lowest BCUT2D eigenvalue weighted by Crippen LogP contribution is -2.47. The minimum atomic E-state index is -4.03. The van der Waals surface area contributed by atoms with E-state index in [1.165, 1.54) is 31.0 Å². The van der Waals surface area contributed by atoms with Crippen molar-refractivity contribution in [2.75, 3.05) is 28.7 Å². The lowest BCUT2D eigenvalue weighted by Gasteiger charge is -2.30. The largest absolute Gasteiger partial charge is 0.495 e. The molecule has 0 saturated heterocycles. The van der Waals surface area contributed by atoms with Crippen molar-refractivity contribution in [1.29, 1.82) is 0 Å². The van der Waals surface area contributed by atoms with Crippen molar-refractivity contribution in [2.24, 2.45) is 0 Å². The molecule has 2 aromatic rings. The molecule has 1 N–H and O–H groups in total. The van der Waals surface area contributed by atoms with E-state index in [1.807, 2.05) is 0 Å². The number of hydrogen-bond acceptors (Lipinski definition) is 10. The van der Waals surface area contributed by atoms with Gasteiger partial charge >= 0.3 is 0 Å². The number of amides is 1. The van der Waals surface area contributed by atoms with Gasteiger partial charge in [0, 0.05) is 17.9 Å². The fourth-order valence-electron chi connectivity index (χ4n) is 2.64. The van der Waals surface area contributed by atoms with Crippen LogP contribution in [0.1, 0.15) is 13.3 Å². The number of nitrogens with one attached hydrogen (secondary N) is 1. The van der Waals surface area contributed by atoms with Crippen LogP contribution in [0, 0.1) is 10.1 Å². The van der Waals surface area contributed by atoms with Crippen LogP contribution in [-0.2, 0) is 14.8 Å². The molecule has 1 heterocycles. The maximum absolute atomic E-state index is 13.0. The lowest BCUT2D eigenvalue weighted by molar-refractivity contribution is -0.384. The molecule has 1 aromatic heterocycles. The summed E-state index contributed by atoms with van der Waals surface area (Å²) in [6, 6.07) is 2.32. The minimum Gasteiger partial charge on any atom is -0.495 e. The van der Waals surface area contributed by atoms with Crippen LogP contribution >= 0.6 is 23.1 Å². The van der Waals surface area contributed by atoms with Crippen molar-refractivity contribution in [2.45, 2.75) is 23.7 Å². The minimum absolute atomic E-state index is 0.0706. The Labute approximate surface area is 187 Å². The number of nitro groups is 1. The zero-order chi connectivity index (χ0) is 23.2. The highest BCUT2D eigenvalue weighted by Crippen LogP contribution is 2.36. The Balaban J connectivity index is 2.43. The number of benzene rings is 1. The predicted octanol–water partition coefficient (Wildman–Crippen LogP) is 2.92. The van der Waals surface area contributed by atoms with Crippen LogP contribution in [0.15, 0.2) is 35.2 Å². The summed E-state index contributed by atoms with van der Waals surface area (Å²) in [4.78, 5) is 23.5. The first-order valence-corrected chi connectivity index (χ1v) is 12.5. The number of nitrogens with zero attached hydrogens (tertiary/aromatic N) is 4. The van der Waals surface area contributed by atoms with E-state index in [-0.39, 0.29) is 28.7 Å². The predicted molar refractivity (Wildman–Crippen MR) is 121 cm³/mol. The number of hydrogen-bond donors (Lipinski definition) is 1. The van der Waals surface area contributed by atoms with Crippen LogP contribution in [0.5, 0.6) is 5.75 Å². The van der Waals surface area contributed by atoms with E-state index < -0.39 is 26.9 Å². The van der Waals surface area contributed by atoms with Crippen molar-refractivity contribution in [3.8, 4) is 5.75 Å². The summed E-state index contributed by atoms with van der Waals surface area (Å²) in [5.41, 5.74) is -0.451. The fourth-order valence-corrected chi connectivity index (χ4v) is 5.36. The lowest BCUT2D eigenvalue weighted by atomic mass is 10.1.